The van der Waals surface area contributed by atoms with Crippen molar-refractivity contribution in [3.8, 4) is 0 Å². The molecular weight excluding hydrogens is 140 g/mol. The van der Waals surface area contributed by atoms with Gasteiger partial charge in [0.05, 0.1) is 0 Å². The van der Waals surface area contributed by atoms with E-state index in [4.69, 9.17) is 0 Å². The first-order valence-corrected chi connectivity index (χ1v) is 3.78. The minimum absolute atomic E-state index is 0.00759. The van der Waals surface area contributed by atoms with Gasteiger partial charge in [0, 0.05) is 19.3 Å². The Bertz CT molecular complexity index is 180. The summed E-state index contributed by atoms with van der Waals surface area (Å²) in [6, 6.07) is 0. The molecule has 0 aromatic heterocycles. The minimum Gasteiger partial charge on any atom is -0.300 e. The van der Waals surface area contributed by atoms with E-state index in [-0.39, 0.29) is 11.6 Å². The Morgan fingerprint density at radius 2 is 1.82 bits per heavy atom. The number of allylic oxidation sites excluding steroid dienone is 1. The van der Waals surface area contributed by atoms with Crippen LogP contribution in [0, 0.1) is 0 Å². The van der Waals surface area contributed by atoms with Gasteiger partial charge in [-0.1, -0.05) is 13.5 Å². The van der Waals surface area contributed by atoms with Gasteiger partial charge in [-0.3, -0.25) is 9.59 Å². The van der Waals surface area contributed by atoms with Gasteiger partial charge in [-0.15, -0.1) is 0 Å². The van der Waals surface area contributed by atoms with Crippen LogP contribution in [0.5, 0.6) is 0 Å². The zero-order valence-electron chi connectivity index (χ0n) is 7.14. The van der Waals surface area contributed by atoms with Gasteiger partial charge in [0.25, 0.3) is 0 Å². The van der Waals surface area contributed by atoms with Crippen LogP contribution in [0.15, 0.2) is 12.2 Å². The second-order valence-corrected chi connectivity index (χ2v) is 2.60. The Balaban J connectivity index is 3.63. The summed E-state index contributed by atoms with van der Waals surface area (Å²) < 4.78 is 0. The highest BCUT2D eigenvalue weighted by molar-refractivity contribution is 5.96. The number of carbonyl (C=O) groups excluding carboxylic acids is 2. The summed E-state index contributed by atoms with van der Waals surface area (Å²) in [7, 11) is 0. The van der Waals surface area contributed by atoms with Crippen molar-refractivity contribution in [2.75, 3.05) is 0 Å². The van der Waals surface area contributed by atoms with Crippen LogP contribution in [-0.4, -0.2) is 11.6 Å². The number of ketones is 2. The Hall–Kier alpha value is -0.920. The van der Waals surface area contributed by atoms with E-state index < -0.39 is 0 Å². The van der Waals surface area contributed by atoms with Gasteiger partial charge in [-0.2, -0.15) is 0 Å². The largest absolute Gasteiger partial charge is 0.300 e. The summed E-state index contributed by atoms with van der Waals surface area (Å²) in [6.45, 7) is 6.96. The minimum atomic E-state index is -0.00759. The fourth-order valence-corrected chi connectivity index (χ4v) is 0.643. The van der Waals surface area contributed by atoms with Crippen LogP contribution in [-0.2, 0) is 9.59 Å². The normalized spacial score (nSPS) is 9.27. The second kappa shape index (κ2) is 4.83. The molecule has 0 aliphatic heterocycles. The van der Waals surface area contributed by atoms with E-state index in [9.17, 15) is 9.59 Å². The van der Waals surface area contributed by atoms with Crippen LogP contribution in [0.4, 0.5) is 0 Å². The molecule has 0 heterocycles. The Kier molecular flexibility index (Phi) is 4.42. The number of rotatable bonds is 5. The van der Waals surface area contributed by atoms with Gasteiger partial charge < -0.3 is 0 Å². The molecule has 0 aromatic rings. The van der Waals surface area contributed by atoms with Crippen molar-refractivity contribution in [3.63, 3.8) is 0 Å². The third-order valence-corrected chi connectivity index (χ3v) is 1.50. The van der Waals surface area contributed by atoms with Gasteiger partial charge in [-0.05, 0) is 12.5 Å². The first-order valence-electron chi connectivity index (χ1n) is 3.78. The molecule has 2 nitrogen and oxygen atoms in total. The highest BCUT2D eigenvalue weighted by Crippen LogP contribution is 2.01. The van der Waals surface area contributed by atoms with Crippen molar-refractivity contribution in [2.45, 2.75) is 33.1 Å². The molecule has 0 atom stereocenters. The molecule has 0 N–H and O–H groups in total. The zero-order chi connectivity index (χ0) is 8.85. The maximum atomic E-state index is 10.9. The molecule has 0 fully saturated rings. The first-order chi connectivity index (χ1) is 5.07. The molecule has 0 aromatic carbocycles. The van der Waals surface area contributed by atoms with Crippen LogP contribution in [0.25, 0.3) is 0 Å². The van der Waals surface area contributed by atoms with Crippen LogP contribution >= 0.6 is 0 Å². The Morgan fingerprint density at radius 1 is 1.27 bits per heavy atom. The zero-order valence-corrected chi connectivity index (χ0v) is 7.14. The second-order valence-electron chi connectivity index (χ2n) is 2.60. The molecule has 0 saturated heterocycles. The summed E-state index contributed by atoms with van der Waals surface area (Å²) >= 11 is 0. The predicted octanol–water partition coefficient (Wildman–Crippen LogP) is 1.89. The number of Topliss-reactive ketones (excluding diaryl/α,β-unsaturated/α-hetero) is 2. The predicted molar refractivity (Wildman–Crippen MR) is 44.4 cm³/mol. The lowest BCUT2D eigenvalue weighted by Gasteiger charge is -1.96. The van der Waals surface area contributed by atoms with Gasteiger partial charge in [0.2, 0.25) is 0 Å². The number of hydrogen-bond donors (Lipinski definition) is 0. The summed E-state index contributed by atoms with van der Waals surface area (Å²) in [6.07, 6.45) is 1.20. The van der Waals surface area contributed by atoms with E-state index >= 15 is 0 Å². The quantitative estimate of drug-likeness (QED) is 0.567. The average molecular weight is 154 g/mol. The van der Waals surface area contributed by atoms with Crippen LogP contribution < -0.4 is 0 Å². The van der Waals surface area contributed by atoms with Gasteiger partial charge in [0.15, 0.2) is 5.78 Å². The Labute approximate surface area is 67.3 Å². The topological polar surface area (TPSA) is 34.1 Å². The number of hydrogen-bond acceptors (Lipinski definition) is 2. The standard InChI is InChI=1S/C9H14O2/c1-4-8(10)5-6-9(11)7(2)3/h2,4-6H2,1,3H3. The number of carbonyl (C=O) groups is 2. The summed E-state index contributed by atoms with van der Waals surface area (Å²) in [4.78, 5) is 21.7. The molecule has 0 rings (SSSR count). The lowest BCUT2D eigenvalue weighted by Crippen LogP contribution is -2.03. The van der Waals surface area contributed by atoms with Crippen LogP contribution in [0.1, 0.15) is 33.1 Å². The molecule has 0 aliphatic carbocycles. The first kappa shape index (κ1) is 10.1. The maximum absolute atomic E-state index is 10.9. The van der Waals surface area contributed by atoms with Gasteiger partial charge in [0.1, 0.15) is 5.78 Å². The molecule has 0 unspecified atom stereocenters. The van der Waals surface area contributed by atoms with Gasteiger partial charge >= 0.3 is 0 Å². The summed E-state index contributed by atoms with van der Waals surface area (Å²) in [5, 5.41) is 0. The van der Waals surface area contributed by atoms with Crippen LogP contribution in [0.3, 0.4) is 0 Å². The molecule has 0 radical (unpaired) electrons. The van der Waals surface area contributed by atoms with E-state index in [1.807, 2.05) is 0 Å². The maximum Gasteiger partial charge on any atom is 0.158 e. The monoisotopic (exact) mass is 154 g/mol. The highest BCUT2D eigenvalue weighted by Gasteiger charge is 2.04. The fraction of sp³-hybridized carbons (Fsp3) is 0.556. The third-order valence-electron chi connectivity index (χ3n) is 1.50. The van der Waals surface area contributed by atoms with Crippen molar-refractivity contribution in [1.29, 1.82) is 0 Å². The van der Waals surface area contributed by atoms with E-state index in [1.54, 1.807) is 13.8 Å². The molecule has 0 spiro atoms. The molecule has 2 heteroatoms. The molecule has 0 saturated carbocycles. The van der Waals surface area contributed by atoms with E-state index in [0.29, 0.717) is 24.8 Å². The molecule has 0 bridgehead atoms. The highest BCUT2D eigenvalue weighted by atomic mass is 16.1. The fourth-order valence-electron chi connectivity index (χ4n) is 0.643. The summed E-state index contributed by atoms with van der Waals surface area (Å²) in [5.74, 6) is 0.131. The van der Waals surface area contributed by atoms with E-state index in [2.05, 4.69) is 6.58 Å². The molecule has 0 aliphatic rings. The Morgan fingerprint density at radius 3 is 2.18 bits per heavy atom. The molecule has 0 amide bonds. The SMILES string of the molecule is C=C(C)C(=O)CCC(=O)CC. The molecule has 11 heavy (non-hydrogen) atoms. The van der Waals surface area contributed by atoms with Crippen LogP contribution in [0.2, 0.25) is 0 Å². The smallest absolute Gasteiger partial charge is 0.158 e. The van der Waals surface area contributed by atoms with E-state index in [0.717, 1.165) is 0 Å². The van der Waals surface area contributed by atoms with Crippen molar-refractivity contribution < 1.29 is 9.59 Å². The van der Waals surface area contributed by atoms with Crippen molar-refractivity contribution >= 4 is 11.6 Å². The van der Waals surface area contributed by atoms with E-state index in [1.165, 1.54) is 0 Å². The lowest BCUT2D eigenvalue weighted by molar-refractivity contribution is -0.122. The van der Waals surface area contributed by atoms with Crippen molar-refractivity contribution in [3.05, 3.63) is 12.2 Å². The average Bonchev–Trinajstić information content (AvgIpc) is 1.99. The molecule has 62 valence electrons. The van der Waals surface area contributed by atoms with Crippen molar-refractivity contribution in [2.24, 2.45) is 0 Å². The lowest BCUT2D eigenvalue weighted by atomic mass is 10.1. The molecular formula is C9H14O2. The van der Waals surface area contributed by atoms with Gasteiger partial charge in [-0.25, -0.2) is 0 Å². The van der Waals surface area contributed by atoms with Crippen molar-refractivity contribution in [1.82, 2.24) is 0 Å². The summed E-state index contributed by atoms with van der Waals surface area (Å²) in [5.41, 5.74) is 0.536. The third kappa shape index (κ3) is 4.48.